The van der Waals surface area contributed by atoms with E-state index in [1.807, 2.05) is 36.4 Å². The van der Waals surface area contributed by atoms with Crippen LogP contribution >= 0.6 is 0 Å². The van der Waals surface area contributed by atoms with Gasteiger partial charge in [-0.25, -0.2) is 4.39 Å². The molecular weight excluding hydrogens is 593 g/mol. The number of hydrogen-bond donors (Lipinski definition) is 3. The Bertz CT molecular complexity index is 1830. The van der Waals surface area contributed by atoms with E-state index in [2.05, 4.69) is 36.3 Å². The Balaban J connectivity index is 1.27. The molecule has 47 heavy (non-hydrogen) atoms. The summed E-state index contributed by atoms with van der Waals surface area (Å²) >= 11 is 0. The van der Waals surface area contributed by atoms with Crippen LogP contribution in [-0.2, 0) is 0 Å². The fourth-order valence-electron chi connectivity index (χ4n) is 9.40. The molecule has 4 aliphatic carbocycles. The van der Waals surface area contributed by atoms with Crippen LogP contribution in [0.15, 0.2) is 65.1 Å². The summed E-state index contributed by atoms with van der Waals surface area (Å²) in [5, 5.41) is 18.0. The van der Waals surface area contributed by atoms with Crippen molar-refractivity contribution in [3.8, 4) is 22.5 Å². The van der Waals surface area contributed by atoms with Gasteiger partial charge in [0, 0.05) is 60.0 Å². The highest BCUT2D eigenvalue weighted by Gasteiger charge is 2.59. The molecule has 3 aromatic carbocycles. The van der Waals surface area contributed by atoms with E-state index in [0.29, 0.717) is 45.3 Å². The molecule has 246 valence electrons. The van der Waals surface area contributed by atoms with E-state index in [9.17, 15) is 19.1 Å². The van der Waals surface area contributed by atoms with Crippen LogP contribution in [0.25, 0.3) is 33.4 Å². The predicted molar refractivity (Wildman–Crippen MR) is 183 cm³/mol. The van der Waals surface area contributed by atoms with Crippen LogP contribution in [-0.4, -0.2) is 48.7 Å². The summed E-state index contributed by atoms with van der Waals surface area (Å²) in [6.07, 6.45) is 5.90. The van der Waals surface area contributed by atoms with Crippen LogP contribution in [0.4, 0.5) is 10.1 Å². The van der Waals surface area contributed by atoms with Gasteiger partial charge in [-0.15, -0.1) is 0 Å². The zero-order valence-corrected chi connectivity index (χ0v) is 27.7. The number of amides is 2. The van der Waals surface area contributed by atoms with E-state index in [4.69, 9.17) is 4.42 Å². The second-order valence-corrected chi connectivity index (χ2v) is 14.3. The molecule has 4 aliphatic rings. The number of carbonyl (C=O) groups excluding carboxylic acids is 2. The van der Waals surface area contributed by atoms with E-state index in [1.54, 1.807) is 19.2 Å². The number of halogens is 1. The van der Waals surface area contributed by atoms with Gasteiger partial charge in [0.1, 0.15) is 17.2 Å². The molecule has 4 fully saturated rings. The molecule has 4 saturated carbocycles. The van der Waals surface area contributed by atoms with Gasteiger partial charge >= 0.3 is 0 Å². The lowest BCUT2D eigenvalue weighted by Gasteiger charge is -2.62. The SMILES string of the molecule is CCN(CC)c1cc2oc(-c3ccc(F)cc3)c(C(=O)NC)c2cc1-c1cccc(C(=O)NC(C)[C@@]23CC4C[C@H](C[C@@](O)(C4)C2)C3)c1. The number of hydrogen-bond acceptors (Lipinski definition) is 5. The van der Waals surface area contributed by atoms with Gasteiger partial charge in [-0.05, 0) is 125 Å². The van der Waals surface area contributed by atoms with E-state index in [0.717, 1.165) is 62.0 Å². The maximum absolute atomic E-state index is 13.8. The normalized spacial score (nSPS) is 25.1. The third-order valence-corrected chi connectivity index (χ3v) is 11.2. The minimum atomic E-state index is -0.584. The van der Waals surface area contributed by atoms with Crippen LogP contribution in [0.3, 0.4) is 0 Å². The van der Waals surface area contributed by atoms with Crippen LogP contribution in [0, 0.1) is 23.1 Å². The molecule has 3 N–H and O–H groups in total. The lowest BCUT2D eigenvalue weighted by Crippen LogP contribution is -2.61. The smallest absolute Gasteiger partial charge is 0.255 e. The maximum atomic E-state index is 13.8. The molecule has 0 saturated heterocycles. The van der Waals surface area contributed by atoms with Crippen LogP contribution < -0.4 is 15.5 Å². The summed E-state index contributed by atoms with van der Waals surface area (Å²) in [7, 11) is 1.58. The number of anilines is 1. The van der Waals surface area contributed by atoms with Crippen molar-refractivity contribution in [2.24, 2.45) is 17.3 Å². The first kappa shape index (κ1) is 31.4. The summed E-state index contributed by atoms with van der Waals surface area (Å²) in [6, 6.07) is 17.5. The second-order valence-electron chi connectivity index (χ2n) is 14.3. The molecule has 1 aromatic heterocycles. The Morgan fingerprint density at radius 3 is 2.32 bits per heavy atom. The molecule has 0 radical (unpaired) electrons. The number of fused-ring (bicyclic) bond motifs is 1. The highest BCUT2D eigenvalue weighted by molar-refractivity contribution is 6.13. The Morgan fingerprint density at radius 1 is 0.979 bits per heavy atom. The first-order valence-electron chi connectivity index (χ1n) is 17.0. The average Bonchev–Trinajstić information content (AvgIpc) is 3.42. The number of rotatable bonds is 9. The zero-order valence-electron chi connectivity index (χ0n) is 27.7. The van der Waals surface area contributed by atoms with Crippen molar-refractivity contribution in [2.45, 2.75) is 70.9 Å². The molecule has 2 unspecified atom stereocenters. The van der Waals surface area contributed by atoms with Crippen molar-refractivity contribution < 1.29 is 23.5 Å². The number of carbonyl (C=O) groups is 2. The van der Waals surface area contributed by atoms with Gasteiger partial charge in [0.25, 0.3) is 11.8 Å². The first-order valence-corrected chi connectivity index (χ1v) is 17.0. The maximum Gasteiger partial charge on any atom is 0.255 e. The molecule has 8 rings (SSSR count). The number of furan rings is 1. The van der Waals surface area contributed by atoms with Gasteiger partial charge in [-0.3, -0.25) is 9.59 Å². The molecular formula is C39H44FN3O4. The number of nitrogens with zero attached hydrogens (tertiary/aromatic N) is 1. The van der Waals surface area contributed by atoms with Crippen molar-refractivity contribution in [1.29, 1.82) is 0 Å². The topological polar surface area (TPSA) is 94.8 Å². The van der Waals surface area contributed by atoms with E-state index >= 15 is 0 Å². The molecule has 0 spiro atoms. The van der Waals surface area contributed by atoms with Crippen molar-refractivity contribution in [2.75, 3.05) is 25.0 Å². The van der Waals surface area contributed by atoms with Gasteiger partial charge < -0.3 is 25.1 Å². The lowest BCUT2D eigenvalue weighted by atomic mass is 9.46. The monoisotopic (exact) mass is 637 g/mol. The van der Waals surface area contributed by atoms with Crippen molar-refractivity contribution in [1.82, 2.24) is 10.6 Å². The molecule has 7 nitrogen and oxygen atoms in total. The Kier molecular flexibility index (Phi) is 7.90. The largest absolute Gasteiger partial charge is 0.455 e. The van der Waals surface area contributed by atoms with Crippen LogP contribution in [0.2, 0.25) is 0 Å². The summed E-state index contributed by atoms with van der Waals surface area (Å²) in [4.78, 5) is 29.4. The van der Waals surface area contributed by atoms with Crippen molar-refractivity contribution in [3.05, 3.63) is 77.6 Å². The van der Waals surface area contributed by atoms with Gasteiger partial charge in [0.2, 0.25) is 0 Å². The third kappa shape index (κ3) is 5.50. The first-order chi connectivity index (χ1) is 22.5. The number of nitrogens with one attached hydrogen (secondary N) is 2. The van der Waals surface area contributed by atoms with Crippen LogP contribution in [0.1, 0.15) is 80.0 Å². The highest BCUT2D eigenvalue weighted by atomic mass is 19.1. The van der Waals surface area contributed by atoms with Gasteiger partial charge in [0.05, 0.1) is 11.2 Å². The molecule has 4 aromatic rings. The third-order valence-electron chi connectivity index (χ3n) is 11.2. The quantitative estimate of drug-likeness (QED) is 0.176. The minimum absolute atomic E-state index is 0.0513. The standard InChI is InChI=1S/C39H44FN3O4/c1-5-43(6-2)32-17-33-31(34(37(45)41-4)35(47-33)26-10-12-29(40)13-11-26)16-30(32)27-8-7-9-28(15-27)36(44)42-23(3)38-18-24-14-25(19-38)21-39(46,20-24)22-38/h7-13,15-17,23-25,46H,5-6,14,18-22H2,1-4H3,(H,41,45)(H,42,44)/t23?,24-,25?,38-,39+/m0/s1. The number of benzene rings is 3. The minimum Gasteiger partial charge on any atom is -0.455 e. The summed E-state index contributed by atoms with van der Waals surface area (Å²) in [5.41, 5.74) is 4.11. The molecule has 0 aliphatic heterocycles. The fraction of sp³-hybridized carbons (Fsp3) is 0.436. The summed E-state index contributed by atoms with van der Waals surface area (Å²) < 4.78 is 20.1. The van der Waals surface area contributed by atoms with E-state index in [1.165, 1.54) is 18.6 Å². The Morgan fingerprint density at radius 2 is 1.68 bits per heavy atom. The Hall–Kier alpha value is -4.17. The molecule has 5 atom stereocenters. The van der Waals surface area contributed by atoms with Crippen molar-refractivity contribution >= 4 is 28.5 Å². The molecule has 4 bridgehead atoms. The molecule has 2 amide bonds. The second kappa shape index (κ2) is 11.8. The van der Waals surface area contributed by atoms with Crippen molar-refractivity contribution in [3.63, 3.8) is 0 Å². The fourth-order valence-corrected chi connectivity index (χ4v) is 9.40. The summed E-state index contributed by atoms with van der Waals surface area (Å²) in [5.74, 6) is 0.665. The Labute approximate surface area is 275 Å². The van der Waals surface area contributed by atoms with Gasteiger partial charge in [0.15, 0.2) is 0 Å². The summed E-state index contributed by atoms with van der Waals surface area (Å²) in [6.45, 7) is 7.79. The van der Waals surface area contributed by atoms with Gasteiger partial charge in [-0.2, -0.15) is 0 Å². The predicted octanol–water partition coefficient (Wildman–Crippen LogP) is 7.56. The zero-order chi connectivity index (χ0) is 33.1. The lowest BCUT2D eigenvalue weighted by molar-refractivity contribution is -0.171. The molecule has 1 heterocycles. The van der Waals surface area contributed by atoms with E-state index in [-0.39, 0.29) is 29.1 Å². The van der Waals surface area contributed by atoms with Crippen LogP contribution in [0.5, 0.6) is 0 Å². The average molecular weight is 638 g/mol. The molecule has 8 heteroatoms. The number of aliphatic hydroxyl groups is 1. The van der Waals surface area contributed by atoms with E-state index < -0.39 is 5.60 Å². The highest BCUT2D eigenvalue weighted by Crippen LogP contribution is 2.62. The van der Waals surface area contributed by atoms with Gasteiger partial charge in [-0.1, -0.05) is 12.1 Å².